The average Bonchev–Trinajstić information content (AvgIpc) is 2.70. The molecule has 0 aliphatic carbocycles. The van der Waals surface area contributed by atoms with Crippen molar-refractivity contribution in [2.75, 3.05) is 10.6 Å². The summed E-state index contributed by atoms with van der Waals surface area (Å²) < 4.78 is 20.1. The van der Waals surface area contributed by atoms with Crippen LogP contribution in [0.3, 0.4) is 0 Å². The molecule has 8 heteroatoms. The van der Waals surface area contributed by atoms with E-state index in [1.807, 2.05) is 0 Å². The van der Waals surface area contributed by atoms with Crippen LogP contribution in [0.4, 0.5) is 20.6 Å². The van der Waals surface area contributed by atoms with Gasteiger partial charge in [0, 0.05) is 35.2 Å². The summed E-state index contributed by atoms with van der Waals surface area (Å²) in [5.41, 5.74) is 1.91. The van der Waals surface area contributed by atoms with Gasteiger partial charge in [0.15, 0.2) is 0 Å². The lowest BCUT2D eigenvalue weighted by Crippen LogP contribution is -2.20. The molecule has 4 aromatic rings. The molecule has 0 unspecified atom stereocenters. The number of urea groups is 1. The lowest BCUT2D eigenvalue weighted by molar-refractivity contribution is 0.262. The maximum absolute atomic E-state index is 14.4. The smallest absolute Gasteiger partial charge is 0.323 e. The largest absolute Gasteiger partial charge is 0.457 e. The molecule has 0 aliphatic rings. The lowest BCUT2D eigenvalue weighted by Gasteiger charge is -2.11. The first-order chi connectivity index (χ1) is 14.1. The number of carbonyl (C=O) groups is 1. The number of ether oxygens (including phenoxy) is 1. The van der Waals surface area contributed by atoms with Crippen molar-refractivity contribution in [3.05, 3.63) is 83.9 Å². The first-order valence-electron chi connectivity index (χ1n) is 8.58. The molecule has 29 heavy (non-hydrogen) atoms. The third-order valence-electron chi connectivity index (χ3n) is 3.95. The van der Waals surface area contributed by atoms with E-state index in [4.69, 9.17) is 16.3 Å². The van der Waals surface area contributed by atoms with Crippen molar-refractivity contribution in [2.24, 2.45) is 0 Å². The molecule has 2 N–H and O–H groups in total. The first kappa shape index (κ1) is 18.6. The fourth-order valence-electron chi connectivity index (χ4n) is 2.65. The second-order valence-corrected chi connectivity index (χ2v) is 6.48. The number of carbonyl (C=O) groups excluding carboxylic acids is 1. The van der Waals surface area contributed by atoms with Gasteiger partial charge in [0.1, 0.15) is 17.3 Å². The van der Waals surface area contributed by atoms with Crippen molar-refractivity contribution >= 4 is 40.0 Å². The number of hydrogen-bond donors (Lipinski definition) is 2. The zero-order valence-corrected chi connectivity index (χ0v) is 15.7. The summed E-state index contributed by atoms with van der Waals surface area (Å²) in [6, 6.07) is 15.4. The molecular formula is C21H14ClFN4O2. The Hall–Kier alpha value is -3.71. The maximum Gasteiger partial charge on any atom is 0.323 e. The van der Waals surface area contributed by atoms with Crippen LogP contribution < -0.4 is 15.4 Å². The van der Waals surface area contributed by atoms with Crippen LogP contribution in [0.15, 0.2) is 73.1 Å². The zero-order valence-electron chi connectivity index (χ0n) is 14.9. The molecule has 0 saturated carbocycles. The van der Waals surface area contributed by atoms with Gasteiger partial charge in [0.25, 0.3) is 0 Å². The summed E-state index contributed by atoms with van der Waals surface area (Å²) in [7, 11) is 0. The van der Waals surface area contributed by atoms with E-state index >= 15 is 0 Å². The van der Waals surface area contributed by atoms with E-state index in [0.717, 1.165) is 5.52 Å². The molecule has 2 amide bonds. The van der Waals surface area contributed by atoms with Gasteiger partial charge in [-0.25, -0.2) is 9.18 Å². The average molecular weight is 409 g/mol. The van der Waals surface area contributed by atoms with Crippen molar-refractivity contribution in [3.63, 3.8) is 0 Å². The second kappa shape index (κ2) is 8.12. The van der Waals surface area contributed by atoms with E-state index in [2.05, 4.69) is 20.6 Å². The Morgan fingerprint density at radius 3 is 2.45 bits per heavy atom. The highest BCUT2D eigenvalue weighted by Gasteiger charge is 2.10. The summed E-state index contributed by atoms with van der Waals surface area (Å²) in [6.45, 7) is 0. The quantitative estimate of drug-likeness (QED) is 0.443. The van der Waals surface area contributed by atoms with E-state index < -0.39 is 11.8 Å². The molecule has 0 radical (unpaired) electrons. The van der Waals surface area contributed by atoms with Crippen molar-refractivity contribution in [3.8, 4) is 11.5 Å². The standard InChI is InChI=1S/C21H14ClFN4O2/c22-13-2-1-3-14(10-13)26-21(28)27-18-6-4-15(11-17(18)23)29-16-5-7-19-20(12-16)25-9-8-24-19/h1-12H,(H2,26,27,28). The predicted octanol–water partition coefficient (Wildman–Crippen LogP) is 5.86. The summed E-state index contributed by atoms with van der Waals surface area (Å²) in [5.74, 6) is 0.146. The molecule has 6 nitrogen and oxygen atoms in total. The van der Waals surface area contributed by atoms with Crippen LogP contribution in [-0.4, -0.2) is 16.0 Å². The van der Waals surface area contributed by atoms with Gasteiger partial charge in [0.2, 0.25) is 0 Å². The Balaban J connectivity index is 1.45. The van der Waals surface area contributed by atoms with Crippen LogP contribution >= 0.6 is 11.6 Å². The molecule has 0 saturated heterocycles. The van der Waals surface area contributed by atoms with E-state index in [-0.39, 0.29) is 11.4 Å². The van der Waals surface area contributed by atoms with Crippen LogP contribution in [-0.2, 0) is 0 Å². The second-order valence-electron chi connectivity index (χ2n) is 6.04. The minimum absolute atomic E-state index is 0.0151. The predicted molar refractivity (Wildman–Crippen MR) is 110 cm³/mol. The van der Waals surface area contributed by atoms with Gasteiger partial charge in [0.05, 0.1) is 16.7 Å². The molecule has 0 atom stereocenters. The monoisotopic (exact) mass is 408 g/mol. The summed E-state index contributed by atoms with van der Waals surface area (Å²) in [5, 5.41) is 5.52. The number of halogens is 2. The van der Waals surface area contributed by atoms with E-state index in [1.165, 1.54) is 12.1 Å². The Labute approximate surface area is 170 Å². The number of hydrogen-bond acceptors (Lipinski definition) is 4. The minimum atomic E-state index is -0.635. The molecule has 0 fully saturated rings. The fraction of sp³-hybridized carbons (Fsp3) is 0. The van der Waals surface area contributed by atoms with Gasteiger partial charge in [-0.2, -0.15) is 0 Å². The highest BCUT2D eigenvalue weighted by Crippen LogP contribution is 2.27. The van der Waals surface area contributed by atoms with Crippen molar-refractivity contribution in [1.29, 1.82) is 0 Å². The summed E-state index contributed by atoms with van der Waals surface area (Å²) in [6.07, 6.45) is 3.19. The molecule has 1 heterocycles. The SMILES string of the molecule is O=C(Nc1cccc(Cl)c1)Nc1ccc(Oc2ccc3nccnc3c2)cc1F. The van der Waals surface area contributed by atoms with Crippen LogP contribution in [0.1, 0.15) is 0 Å². The van der Waals surface area contributed by atoms with E-state index in [9.17, 15) is 9.18 Å². The van der Waals surface area contributed by atoms with Gasteiger partial charge >= 0.3 is 6.03 Å². The molecule has 144 valence electrons. The lowest BCUT2D eigenvalue weighted by atomic mass is 10.2. The van der Waals surface area contributed by atoms with Crippen LogP contribution in [0.5, 0.6) is 11.5 Å². The van der Waals surface area contributed by atoms with E-state index in [0.29, 0.717) is 22.0 Å². The molecular weight excluding hydrogens is 395 g/mol. The number of nitrogens with zero attached hydrogens (tertiary/aromatic N) is 2. The number of aromatic nitrogens is 2. The number of fused-ring (bicyclic) bond motifs is 1. The Morgan fingerprint density at radius 1 is 0.897 bits per heavy atom. The van der Waals surface area contributed by atoms with Crippen LogP contribution in [0, 0.1) is 5.82 Å². The van der Waals surface area contributed by atoms with Gasteiger partial charge < -0.3 is 15.4 Å². The molecule has 1 aromatic heterocycles. The molecule has 0 aliphatic heterocycles. The number of rotatable bonds is 4. The van der Waals surface area contributed by atoms with Crippen LogP contribution in [0.25, 0.3) is 11.0 Å². The molecule has 0 spiro atoms. The number of anilines is 2. The molecule has 3 aromatic carbocycles. The number of nitrogens with one attached hydrogen (secondary N) is 2. The maximum atomic E-state index is 14.4. The normalized spacial score (nSPS) is 10.6. The highest BCUT2D eigenvalue weighted by atomic mass is 35.5. The minimum Gasteiger partial charge on any atom is -0.457 e. The number of benzene rings is 3. The van der Waals surface area contributed by atoms with Gasteiger partial charge in [-0.15, -0.1) is 0 Å². The van der Waals surface area contributed by atoms with Gasteiger partial charge in [-0.05, 0) is 42.5 Å². The Morgan fingerprint density at radius 2 is 1.66 bits per heavy atom. The first-order valence-corrected chi connectivity index (χ1v) is 8.96. The zero-order chi connectivity index (χ0) is 20.2. The van der Waals surface area contributed by atoms with Gasteiger partial charge in [-0.3, -0.25) is 9.97 Å². The Kier molecular flexibility index (Phi) is 5.22. The third-order valence-corrected chi connectivity index (χ3v) is 4.18. The van der Waals surface area contributed by atoms with Crippen molar-refractivity contribution in [2.45, 2.75) is 0 Å². The van der Waals surface area contributed by atoms with Crippen LogP contribution in [0.2, 0.25) is 5.02 Å². The summed E-state index contributed by atoms with van der Waals surface area (Å²) >= 11 is 5.88. The van der Waals surface area contributed by atoms with E-state index in [1.54, 1.807) is 60.9 Å². The topological polar surface area (TPSA) is 76.1 Å². The Bertz CT molecular complexity index is 1200. The third kappa shape index (κ3) is 4.59. The van der Waals surface area contributed by atoms with Gasteiger partial charge in [-0.1, -0.05) is 17.7 Å². The fourth-order valence-corrected chi connectivity index (χ4v) is 2.84. The highest BCUT2D eigenvalue weighted by molar-refractivity contribution is 6.30. The van der Waals surface area contributed by atoms with Crippen molar-refractivity contribution < 1.29 is 13.9 Å². The number of amides is 2. The molecule has 0 bridgehead atoms. The molecule has 4 rings (SSSR count). The van der Waals surface area contributed by atoms with Crippen molar-refractivity contribution in [1.82, 2.24) is 9.97 Å². The summed E-state index contributed by atoms with van der Waals surface area (Å²) in [4.78, 5) is 20.5.